The largest absolute Gasteiger partial charge is 0.486 e. The van der Waals surface area contributed by atoms with Gasteiger partial charge in [0.25, 0.3) is 0 Å². The lowest BCUT2D eigenvalue weighted by Crippen LogP contribution is -2.49. The molecule has 0 aromatic heterocycles. The first kappa shape index (κ1) is 28.7. The zero-order valence-corrected chi connectivity index (χ0v) is 23.2. The normalized spacial score (nSPS) is 16.0. The molecule has 11 heteroatoms. The molecule has 1 atom stereocenters. The van der Waals surface area contributed by atoms with Gasteiger partial charge in [-0.2, -0.15) is 0 Å². The Balaban J connectivity index is 1.46. The Morgan fingerprint density at radius 2 is 1.77 bits per heavy atom. The Hall–Kier alpha value is -3.34. The molecular formula is C28H36FN3O6S. The van der Waals surface area contributed by atoms with Gasteiger partial charge in [0.15, 0.2) is 11.5 Å². The lowest BCUT2D eigenvalue weighted by Gasteiger charge is -2.30. The second-order valence-corrected chi connectivity index (χ2v) is 12.0. The van der Waals surface area contributed by atoms with Gasteiger partial charge in [0.1, 0.15) is 25.1 Å². The minimum absolute atomic E-state index is 0.0218. The topological polar surface area (TPSA) is 105 Å². The summed E-state index contributed by atoms with van der Waals surface area (Å²) in [4.78, 5) is 27.8. The summed E-state index contributed by atoms with van der Waals surface area (Å²) in [5.74, 6) is -0.0898. The molecule has 1 N–H and O–H groups in total. The number of nitrogens with one attached hydrogen (secondary N) is 1. The molecule has 1 fully saturated rings. The highest BCUT2D eigenvalue weighted by Gasteiger charge is 2.29. The molecule has 1 aliphatic carbocycles. The van der Waals surface area contributed by atoms with Crippen LogP contribution in [-0.4, -0.2) is 63.2 Å². The Labute approximate surface area is 229 Å². The Morgan fingerprint density at radius 3 is 2.46 bits per heavy atom. The lowest BCUT2D eigenvalue weighted by molar-refractivity contribution is -0.141. The van der Waals surface area contributed by atoms with E-state index in [9.17, 15) is 22.4 Å². The number of nitrogens with zero attached hydrogens (tertiary/aromatic N) is 2. The van der Waals surface area contributed by atoms with Crippen molar-refractivity contribution in [1.29, 1.82) is 0 Å². The van der Waals surface area contributed by atoms with Crippen molar-refractivity contribution < 1.29 is 31.9 Å². The predicted octanol–water partition coefficient (Wildman–Crippen LogP) is 3.62. The Bertz CT molecular complexity index is 1280. The number of fused-ring (bicyclic) bond motifs is 1. The summed E-state index contributed by atoms with van der Waals surface area (Å²) in [7, 11) is -3.66. The van der Waals surface area contributed by atoms with Crippen LogP contribution in [0.25, 0.3) is 0 Å². The van der Waals surface area contributed by atoms with Crippen molar-refractivity contribution in [3.8, 4) is 11.5 Å². The molecule has 2 amide bonds. The number of amides is 2. The van der Waals surface area contributed by atoms with Crippen LogP contribution in [0.5, 0.6) is 11.5 Å². The van der Waals surface area contributed by atoms with E-state index in [0.29, 0.717) is 36.0 Å². The van der Waals surface area contributed by atoms with Gasteiger partial charge in [-0.15, -0.1) is 0 Å². The van der Waals surface area contributed by atoms with E-state index in [-0.39, 0.29) is 43.8 Å². The standard InChI is InChI=1S/C28H36FN3O6S/c1-20(28(34)30-22-9-4-5-10-22)31(19-21-8-3-6-11-24(21)29)27(33)12-7-15-32(39(2,35)36)23-13-14-25-26(18-23)38-17-16-37-25/h3,6,8,11,13-14,18,20,22H,4-5,7,9-10,12,15-17,19H2,1-2H3,(H,30,34)/t20-/m1/s1. The summed E-state index contributed by atoms with van der Waals surface area (Å²) in [6.45, 7) is 2.41. The van der Waals surface area contributed by atoms with Crippen molar-refractivity contribution in [2.75, 3.05) is 30.3 Å². The Morgan fingerprint density at radius 1 is 1.08 bits per heavy atom. The van der Waals surface area contributed by atoms with E-state index < -0.39 is 21.9 Å². The number of sulfonamides is 1. The van der Waals surface area contributed by atoms with Crippen LogP contribution in [0.15, 0.2) is 42.5 Å². The molecule has 1 aliphatic heterocycles. The number of rotatable bonds is 11. The van der Waals surface area contributed by atoms with Crippen LogP contribution in [0.3, 0.4) is 0 Å². The van der Waals surface area contributed by atoms with E-state index in [1.165, 1.54) is 15.3 Å². The second kappa shape index (κ2) is 12.7. The van der Waals surface area contributed by atoms with Gasteiger partial charge >= 0.3 is 0 Å². The minimum atomic E-state index is -3.66. The lowest BCUT2D eigenvalue weighted by atomic mass is 10.1. The molecule has 0 radical (unpaired) electrons. The minimum Gasteiger partial charge on any atom is -0.486 e. The summed E-state index contributed by atoms with van der Waals surface area (Å²) in [6.07, 6.45) is 5.19. The summed E-state index contributed by atoms with van der Waals surface area (Å²) >= 11 is 0. The van der Waals surface area contributed by atoms with E-state index in [1.54, 1.807) is 43.3 Å². The van der Waals surface area contributed by atoms with Crippen LogP contribution >= 0.6 is 0 Å². The maximum Gasteiger partial charge on any atom is 0.242 e. The van der Waals surface area contributed by atoms with Gasteiger partial charge in [0, 0.05) is 37.2 Å². The number of benzene rings is 2. The second-order valence-electron chi connectivity index (χ2n) is 10.0. The van der Waals surface area contributed by atoms with E-state index in [2.05, 4.69) is 5.32 Å². The fourth-order valence-corrected chi connectivity index (χ4v) is 5.93. The van der Waals surface area contributed by atoms with Gasteiger partial charge in [0.05, 0.1) is 11.9 Å². The fourth-order valence-electron chi connectivity index (χ4n) is 4.98. The van der Waals surface area contributed by atoms with Crippen molar-refractivity contribution in [1.82, 2.24) is 10.2 Å². The predicted molar refractivity (Wildman–Crippen MR) is 146 cm³/mol. The SMILES string of the molecule is C[C@H](C(=O)NC1CCCC1)N(Cc1ccccc1F)C(=O)CCCN(c1ccc2c(c1)OCCO2)S(C)(=O)=O. The third-order valence-electron chi connectivity index (χ3n) is 7.13. The van der Waals surface area contributed by atoms with E-state index >= 15 is 0 Å². The van der Waals surface area contributed by atoms with E-state index in [1.807, 2.05) is 0 Å². The number of anilines is 1. The molecule has 9 nitrogen and oxygen atoms in total. The molecule has 0 saturated heterocycles. The quantitative estimate of drug-likeness (QED) is 0.449. The smallest absolute Gasteiger partial charge is 0.242 e. The molecule has 0 unspecified atom stereocenters. The van der Waals surface area contributed by atoms with Gasteiger partial charge in [-0.3, -0.25) is 13.9 Å². The van der Waals surface area contributed by atoms with Crippen molar-refractivity contribution in [3.63, 3.8) is 0 Å². The zero-order valence-electron chi connectivity index (χ0n) is 22.4. The monoisotopic (exact) mass is 561 g/mol. The number of ether oxygens (including phenoxy) is 2. The summed E-state index contributed by atoms with van der Waals surface area (Å²) in [6, 6.07) is 10.3. The third kappa shape index (κ3) is 7.40. The molecule has 1 saturated carbocycles. The first-order valence-electron chi connectivity index (χ1n) is 13.3. The molecular weight excluding hydrogens is 525 g/mol. The van der Waals surface area contributed by atoms with Gasteiger partial charge in [-0.25, -0.2) is 12.8 Å². The van der Waals surface area contributed by atoms with Crippen molar-refractivity contribution >= 4 is 27.5 Å². The number of halogens is 1. The Kier molecular flexibility index (Phi) is 9.32. The number of hydrogen-bond donors (Lipinski definition) is 1. The summed E-state index contributed by atoms with van der Waals surface area (Å²) in [5.41, 5.74) is 0.710. The zero-order chi connectivity index (χ0) is 28.0. The molecule has 2 aliphatic rings. The maximum absolute atomic E-state index is 14.5. The molecule has 212 valence electrons. The molecule has 0 bridgehead atoms. The number of hydrogen-bond acceptors (Lipinski definition) is 6. The maximum atomic E-state index is 14.5. The van der Waals surface area contributed by atoms with Crippen LogP contribution in [0, 0.1) is 5.82 Å². The van der Waals surface area contributed by atoms with Crippen LogP contribution in [0.4, 0.5) is 10.1 Å². The third-order valence-corrected chi connectivity index (χ3v) is 8.33. The average Bonchev–Trinajstić information content (AvgIpc) is 3.42. The van der Waals surface area contributed by atoms with Gasteiger partial charge < -0.3 is 19.7 Å². The highest BCUT2D eigenvalue weighted by Crippen LogP contribution is 2.34. The van der Waals surface area contributed by atoms with Crippen molar-refractivity contribution in [3.05, 3.63) is 53.8 Å². The number of carbonyl (C=O) groups is 2. The van der Waals surface area contributed by atoms with Crippen molar-refractivity contribution in [2.45, 2.75) is 64.1 Å². The summed E-state index contributed by atoms with van der Waals surface area (Å²) < 4.78 is 52.0. The van der Waals surface area contributed by atoms with E-state index in [0.717, 1.165) is 31.9 Å². The molecule has 2 aromatic carbocycles. The molecule has 39 heavy (non-hydrogen) atoms. The van der Waals surface area contributed by atoms with Gasteiger partial charge in [-0.05, 0) is 44.4 Å². The van der Waals surface area contributed by atoms with Gasteiger partial charge in [0.2, 0.25) is 21.8 Å². The first-order chi connectivity index (χ1) is 18.6. The number of carbonyl (C=O) groups excluding carboxylic acids is 2. The highest BCUT2D eigenvalue weighted by molar-refractivity contribution is 7.92. The first-order valence-corrected chi connectivity index (χ1v) is 15.2. The molecule has 0 spiro atoms. The molecule has 1 heterocycles. The van der Waals surface area contributed by atoms with Crippen LogP contribution in [0.2, 0.25) is 0 Å². The van der Waals surface area contributed by atoms with E-state index in [4.69, 9.17) is 9.47 Å². The molecule has 2 aromatic rings. The highest BCUT2D eigenvalue weighted by atomic mass is 32.2. The van der Waals surface area contributed by atoms with Gasteiger partial charge in [-0.1, -0.05) is 31.0 Å². The van der Waals surface area contributed by atoms with Crippen LogP contribution in [0.1, 0.15) is 51.0 Å². The summed E-state index contributed by atoms with van der Waals surface area (Å²) in [5, 5.41) is 3.02. The fraction of sp³-hybridized carbons (Fsp3) is 0.500. The average molecular weight is 562 g/mol. The van der Waals surface area contributed by atoms with Crippen molar-refractivity contribution in [2.24, 2.45) is 0 Å². The molecule has 4 rings (SSSR count). The van der Waals surface area contributed by atoms with Crippen LogP contribution in [-0.2, 0) is 26.2 Å². The van der Waals surface area contributed by atoms with Crippen LogP contribution < -0.4 is 19.1 Å².